The summed E-state index contributed by atoms with van der Waals surface area (Å²) in [5, 5.41) is 7.77. The van der Waals surface area contributed by atoms with Crippen LogP contribution in [0.1, 0.15) is 15.9 Å². The molecule has 7 heteroatoms. The fraction of sp³-hybridized carbons (Fsp3) is 0.0714. The van der Waals surface area contributed by atoms with Crippen LogP contribution in [0.4, 0.5) is 5.69 Å². The molecule has 0 radical (unpaired) electrons. The second-order valence-corrected chi connectivity index (χ2v) is 6.92. The Bertz CT molecular complexity index is 786. The van der Waals surface area contributed by atoms with Crippen molar-refractivity contribution in [3.8, 4) is 0 Å². The first-order valence-corrected chi connectivity index (χ1v) is 8.31. The average Bonchev–Trinajstić information content (AvgIpc) is 2.40. The normalized spacial score (nSPS) is 11.2. The predicted molar refractivity (Wildman–Crippen MR) is 84.6 cm³/mol. The molecule has 2 aromatic carbocycles. The molecule has 0 heterocycles. The van der Waals surface area contributed by atoms with E-state index in [1.165, 1.54) is 18.2 Å². The summed E-state index contributed by atoms with van der Waals surface area (Å²) in [4.78, 5) is 12.1. The van der Waals surface area contributed by atoms with Gasteiger partial charge >= 0.3 is 0 Å². The second-order valence-electron chi connectivity index (χ2n) is 4.51. The Labute approximate surface area is 131 Å². The van der Waals surface area contributed by atoms with Gasteiger partial charge in [0.25, 0.3) is 5.91 Å². The molecule has 2 aromatic rings. The van der Waals surface area contributed by atoms with E-state index in [2.05, 4.69) is 21.2 Å². The first-order valence-electron chi connectivity index (χ1n) is 5.98. The fourth-order valence-corrected chi connectivity index (χ4v) is 2.66. The molecule has 0 aromatic heterocycles. The Kier molecular flexibility index (Phi) is 4.46. The van der Waals surface area contributed by atoms with Gasteiger partial charge in [0.15, 0.2) is 0 Å². The van der Waals surface area contributed by atoms with Crippen molar-refractivity contribution in [1.82, 2.24) is 0 Å². The summed E-state index contributed by atoms with van der Waals surface area (Å²) >= 11 is 3.23. The highest BCUT2D eigenvalue weighted by molar-refractivity contribution is 9.10. The highest BCUT2D eigenvalue weighted by Crippen LogP contribution is 2.22. The van der Waals surface area contributed by atoms with Gasteiger partial charge in [-0.2, -0.15) is 0 Å². The smallest absolute Gasteiger partial charge is 0.256 e. The molecule has 0 atom stereocenters. The van der Waals surface area contributed by atoms with E-state index in [0.29, 0.717) is 10.2 Å². The summed E-state index contributed by atoms with van der Waals surface area (Å²) in [6.45, 7) is 1.94. The van der Waals surface area contributed by atoms with E-state index in [4.69, 9.17) is 5.14 Å². The number of sulfonamides is 1. The lowest BCUT2D eigenvalue weighted by Gasteiger charge is -2.08. The van der Waals surface area contributed by atoms with Crippen molar-refractivity contribution in [2.45, 2.75) is 11.8 Å². The van der Waals surface area contributed by atoms with Gasteiger partial charge in [0.2, 0.25) is 10.0 Å². The molecule has 5 nitrogen and oxygen atoms in total. The molecule has 2 rings (SSSR count). The minimum atomic E-state index is -3.85. The Balaban J connectivity index is 2.32. The molecule has 0 fully saturated rings. The van der Waals surface area contributed by atoms with Crippen molar-refractivity contribution in [3.05, 3.63) is 58.1 Å². The number of carbonyl (C=O) groups excluding carboxylic acids is 1. The lowest BCUT2D eigenvalue weighted by atomic mass is 10.2. The molecule has 0 unspecified atom stereocenters. The highest BCUT2D eigenvalue weighted by Gasteiger charge is 2.15. The molecular weight excluding hydrogens is 356 g/mol. The lowest BCUT2D eigenvalue weighted by Crippen LogP contribution is -2.16. The maximum atomic E-state index is 12.2. The van der Waals surface area contributed by atoms with E-state index in [0.717, 1.165) is 5.56 Å². The molecule has 3 N–H and O–H groups in total. The van der Waals surface area contributed by atoms with Crippen LogP contribution in [-0.4, -0.2) is 14.3 Å². The lowest BCUT2D eigenvalue weighted by molar-refractivity contribution is 0.102. The van der Waals surface area contributed by atoms with Crippen LogP contribution < -0.4 is 10.5 Å². The van der Waals surface area contributed by atoms with Crippen molar-refractivity contribution in [2.24, 2.45) is 5.14 Å². The largest absolute Gasteiger partial charge is 0.322 e. The summed E-state index contributed by atoms with van der Waals surface area (Å²) in [5.74, 6) is -0.420. The number of hydrogen-bond donors (Lipinski definition) is 2. The van der Waals surface area contributed by atoms with Crippen molar-refractivity contribution < 1.29 is 13.2 Å². The Morgan fingerprint density at radius 3 is 2.33 bits per heavy atom. The molecule has 0 bridgehead atoms. The van der Waals surface area contributed by atoms with Crippen molar-refractivity contribution in [1.29, 1.82) is 0 Å². The number of nitrogens with one attached hydrogen (secondary N) is 1. The molecule has 0 saturated heterocycles. The van der Waals surface area contributed by atoms with Crippen LogP contribution >= 0.6 is 15.9 Å². The van der Waals surface area contributed by atoms with Gasteiger partial charge in [-0.25, -0.2) is 13.6 Å². The van der Waals surface area contributed by atoms with Gasteiger partial charge in [0.05, 0.1) is 10.5 Å². The number of benzene rings is 2. The second kappa shape index (κ2) is 5.97. The van der Waals surface area contributed by atoms with Crippen molar-refractivity contribution >= 4 is 37.5 Å². The van der Waals surface area contributed by atoms with E-state index >= 15 is 0 Å². The predicted octanol–water partition coefficient (Wildman–Crippen LogP) is 2.66. The van der Waals surface area contributed by atoms with Crippen LogP contribution in [0.15, 0.2) is 51.8 Å². The zero-order valence-electron chi connectivity index (χ0n) is 11.1. The zero-order chi connectivity index (χ0) is 15.6. The van der Waals surface area contributed by atoms with Gasteiger partial charge in [-0.05, 0) is 53.2 Å². The molecular formula is C14H13BrN2O3S. The number of hydrogen-bond acceptors (Lipinski definition) is 3. The van der Waals surface area contributed by atoms with Gasteiger partial charge < -0.3 is 5.32 Å². The Morgan fingerprint density at radius 2 is 1.76 bits per heavy atom. The van der Waals surface area contributed by atoms with E-state index in [1.54, 1.807) is 12.1 Å². The number of carbonyl (C=O) groups is 1. The minimum absolute atomic E-state index is 0.111. The molecule has 0 spiro atoms. The molecule has 1 amide bonds. The van der Waals surface area contributed by atoms with E-state index < -0.39 is 15.9 Å². The molecule has 110 valence electrons. The van der Waals surface area contributed by atoms with Gasteiger partial charge in [-0.1, -0.05) is 17.7 Å². The third-order valence-corrected chi connectivity index (χ3v) is 4.42. The van der Waals surface area contributed by atoms with Crippen LogP contribution in [0.25, 0.3) is 0 Å². The number of anilines is 1. The van der Waals surface area contributed by atoms with Crippen LogP contribution in [-0.2, 0) is 10.0 Å². The molecule has 0 aliphatic carbocycles. The van der Waals surface area contributed by atoms with E-state index in [9.17, 15) is 13.2 Å². The first-order chi connectivity index (χ1) is 9.77. The third-order valence-electron chi connectivity index (χ3n) is 2.82. The summed E-state index contributed by atoms with van der Waals surface area (Å²) in [5.41, 5.74) is 1.89. The third kappa shape index (κ3) is 3.90. The van der Waals surface area contributed by atoms with Crippen LogP contribution in [0.5, 0.6) is 0 Å². The molecule has 0 aliphatic heterocycles. The molecule has 0 saturated carbocycles. The molecule has 0 aliphatic rings. The quantitative estimate of drug-likeness (QED) is 0.872. The van der Waals surface area contributed by atoms with Gasteiger partial charge in [0, 0.05) is 10.2 Å². The maximum absolute atomic E-state index is 12.2. The van der Waals surface area contributed by atoms with Crippen molar-refractivity contribution in [2.75, 3.05) is 5.32 Å². The van der Waals surface area contributed by atoms with Crippen LogP contribution in [0.2, 0.25) is 0 Å². The number of rotatable bonds is 3. The monoisotopic (exact) mass is 368 g/mol. The summed E-state index contributed by atoms with van der Waals surface area (Å²) in [7, 11) is -3.85. The molecule has 21 heavy (non-hydrogen) atoms. The Hall–Kier alpha value is -1.70. The van der Waals surface area contributed by atoms with Gasteiger partial charge in [0.1, 0.15) is 0 Å². The van der Waals surface area contributed by atoms with Crippen LogP contribution in [0, 0.1) is 6.92 Å². The van der Waals surface area contributed by atoms with E-state index in [1.807, 2.05) is 19.1 Å². The SMILES string of the molecule is Cc1ccc(NC(=O)c2cc(S(N)(=O)=O)ccc2Br)cc1. The fourth-order valence-electron chi connectivity index (χ4n) is 1.69. The topological polar surface area (TPSA) is 89.3 Å². The minimum Gasteiger partial charge on any atom is -0.322 e. The zero-order valence-corrected chi connectivity index (χ0v) is 13.5. The maximum Gasteiger partial charge on any atom is 0.256 e. The summed E-state index contributed by atoms with van der Waals surface area (Å²) in [6, 6.07) is 11.3. The number of nitrogens with two attached hydrogens (primary N) is 1. The van der Waals surface area contributed by atoms with Crippen molar-refractivity contribution in [3.63, 3.8) is 0 Å². The summed E-state index contributed by atoms with van der Waals surface area (Å²) < 4.78 is 23.2. The van der Waals surface area contributed by atoms with Crippen LogP contribution in [0.3, 0.4) is 0 Å². The number of halogens is 1. The van der Waals surface area contributed by atoms with Gasteiger partial charge in [-0.3, -0.25) is 4.79 Å². The van der Waals surface area contributed by atoms with E-state index in [-0.39, 0.29) is 10.5 Å². The Morgan fingerprint density at radius 1 is 1.14 bits per heavy atom. The number of amides is 1. The average molecular weight is 369 g/mol. The first kappa shape index (κ1) is 15.7. The van der Waals surface area contributed by atoms with Gasteiger partial charge in [-0.15, -0.1) is 0 Å². The standard InChI is InChI=1S/C14H13BrN2O3S/c1-9-2-4-10(5-3-9)17-14(18)12-8-11(21(16,19)20)6-7-13(12)15/h2-8H,1H3,(H,17,18)(H2,16,19,20). The highest BCUT2D eigenvalue weighted by atomic mass is 79.9. The number of aryl methyl sites for hydroxylation is 1. The number of primary sulfonamides is 1. The summed E-state index contributed by atoms with van der Waals surface area (Å²) in [6.07, 6.45) is 0.